The van der Waals surface area contributed by atoms with Gasteiger partial charge in [0.25, 0.3) is 0 Å². The van der Waals surface area contributed by atoms with Gasteiger partial charge >= 0.3 is 0 Å². The Hall–Kier alpha value is -1.59. The van der Waals surface area contributed by atoms with E-state index in [4.69, 9.17) is 4.42 Å². The maximum absolute atomic E-state index is 12.0. The van der Waals surface area contributed by atoms with Crippen LogP contribution in [0.1, 0.15) is 47.9 Å². The molecule has 2 atom stereocenters. The van der Waals surface area contributed by atoms with Crippen LogP contribution in [0.15, 0.2) is 28.0 Å². The van der Waals surface area contributed by atoms with Gasteiger partial charge in [0.15, 0.2) is 0 Å². The number of hydrogen-bond acceptors (Lipinski definition) is 4. The Morgan fingerprint density at radius 2 is 2.10 bits per heavy atom. The lowest BCUT2D eigenvalue weighted by molar-refractivity contribution is -0.121. The lowest BCUT2D eigenvalue weighted by atomic mass is 10.1. The molecule has 0 aliphatic heterocycles. The molecule has 0 spiro atoms. The van der Waals surface area contributed by atoms with Crippen LogP contribution in [0.25, 0.3) is 0 Å². The van der Waals surface area contributed by atoms with Gasteiger partial charge in [0.1, 0.15) is 11.5 Å². The number of carbonyl (C=O) groups is 1. The molecule has 0 bridgehead atoms. The second-order valence-electron chi connectivity index (χ2n) is 5.28. The first kappa shape index (κ1) is 15.8. The molecule has 5 heteroatoms. The summed E-state index contributed by atoms with van der Waals surface area (Å²) in [7, 11) is 0. The first-order valence-electron chi connectivity index (χ1n) is 7.10. The zero-order chi connectivity index (χ0) is 15.4. The molecule has 0 radical (unpaired) electrons. The molecular formula is C16H22N2O2S. The van der Waals surface area contributed by atoms with Crippen molar-refractivity contribution in [3.63, 3.8) is 0 Å². The van der Waals surface area contributed by atoms with Crippen LogP contribution >= 0.6 is 11.3 Å². The van der Waals surface area contributed by atoms with Gasteiger partial charge in [-0.05, 0) is 45.2 Å². The molecule has 2 N–H and O–H groups in total. The molecule has 4 nitrogen and oxygen atoms in total. The van der Waals surface area contributed by atoms with Crippen molar-refractivity contribution in [3.8, 4) is 0 Å². The fraction of sp³-hybridized carbons (Fsp3) is 0.438. The summed E-state index contributed by atoms with van der Waals surface area (Å²) < 4.78 is 5.52. The quantitative estimate of drug-likeness (QED) is 0.859. The monoisotopic (exact) mass is 306 g/mol. The number of furan rings is 1. The third kappa shape index (κ3) is 4.19. The first-order valence-corrected chi connectivity index (χ1v) is 7.98. The highest BCUT2D eigenvalue weighted by Gasteiger charge is 2.15. The van der Waals surface area contributed by atoms with Gasteiger partial charge < -0.3 is 15.1 Å². The standard InChI is InChI=1S/C16H22N2O2S/c1-10-8-14(13(4)20-10)11(2)17-9-16(19)18-12(3)15-6-5-7-21-15/h5-8,11-12,17H,9H2,1-4H3,(H,18,19)/t11-,12-/m1/s1. The van der Waals surface area contributed by atoms with Gasteiger partial charge in [-0.15, -0.1) is 11.3 Å². The van der Waals surface area contributed by atoms with Gasteiger partial charge in [0.05, 0.1) is 12.6 Å². The van der Waals surface area contributed by atoms with Gasteiger partial charge in [-0.25, -0.2) is 0 Å². The summed E-state index contributed by atoms with van der Waals surface area (Å²) in [5.41, 5.74) is 1.10. The van der Waals surface area contributed by atoms with Crippen LogP contribution in [0.4, 0.5) is 0 Å². The largest absolute Gasteiger partial charge is 0.466 e. The molecule has 0 fully saturated rings. The molecule has 0 aliphatic carbocycles. The van der Waals surface area contributed by atoms with Crippen LogP contribution in [0.5, 0.6) is 0 Å². The van der Waals surface area contributed by atoms with Crippen molar-refractivity contribution in [1.29, 1.82) is 0 Å². The minimum Gasteiger partial charge on any atom is -0.466 e. The van der Waals surface area contributed by atoms with E-state index in [9.17, 15) is 4.79 Å². The Bertz CT molecular complexity index is 589. The third-order valence-corrected chi connectivity index (χ3v) is 4.52. The summed E-state index contributed by atoms with van der Waals surface area (Å²) in [5.74, 6) is 1.80. The van der Waals surface area contributed by atoms with Gasteiger partial charge in [0, 0.05) is 16.5 Å². The Kier molecular flexibility index (Phi) is 5.20. The summed E-state index contributed by atoms with van der Waals surface area (Å²) in [6.45, 7) is 8.20. The Morgan fingerprint density at radius 3 is 2.67 bits per heavy atom. The second kappa shape index (κ2) is 6.91. The fourth-order valence-electron chi connectivity index (χ4n) is 2.34. The smallest absolute Gasteiger partial charge is 0.234 e. The van der Waals surface area contributed by atoms with Crippen molar-refractivity contribution < 1.29 is 9.21 Å². The highest BCUT2D eigenvalue weighted by Crippen LogP contribution is 2.21. The molecule has 114 valence electrons. The number of aryl methyl sites for hydroxylation is 2. The van der Waals surface area contributed by atoms with Crippen LogP contribution < -0.4 is 10.6 Å². The lowest BCUT2D eigenvalue weighted by Crippen LogP contribution is -2.36. The van der Waals surface area contributed by atoms with Crippen molar-refractivity contribution in [2.24, 2.45) is 0 Å². The SMILES string of the molecule is Cc1cc([C@@H](C)NCC(=O)N[C@H](C)c2cccs2)c(C)o1. The maximum Gasteiger partial charge on any atom is 0.234 e. The van der Waals surface area contributed by atoms with Crippen LogP contribution in [0, 0.1) is 13.8 Å². The van der Waals surface area contributed by atoms with Gasteiger partial charge in [-0.2, -0.15) is 0 Å². The molecule has 0 unspecified atom stereocenters. The van der Waals surface area contributed by atoms with E-state index in [0.717, 1.165) is 22.0 Å². The average molecular weight is 306 g/mol. The maximum atomic E-state index is 12.0. The summed E-state index contributed by atoms with van der Waals surface area (Å²) in [4.78, 5) is 13.1. The van der Waals surface area contributed by atoms with Crippen LogP contribution in [0.3, 0.4) is 0 Å². The predicted molar refractivity (Wildman–Crippen MR) is 85.5 cm³/mol. The number of thiophene rings is 1. The van der Waals surface area contributed by atoms with E-state index < -0.39 is 0 Å². The summed E-state index contributed by atoms with van der Waals surface area (Å²) >= 11 is 1.65. The van der Waals surface area contributed by atoms with E-state index in [0.29, 0.717) is 6.54 Å². The zero-order valence-corrected chi connectivity index (χ0v) is 13.7. The number of rotatable bonds is 6. The number of amides is 1. The van der Waals surface area contributed by atoms with Gasteiger partial charge in [-0.3, -0.25) is 4.79 Å². The predicted octanol–water partition coefficient (Wildman–Crippen LogP) is 3.49. The summed E-state index contributed by atoms with van der Waals surface area (Å²) in [6, 6.07) is 6.17. The van der Waals surface area contributed by atoms with Crippen LogP contribution in [-0.2, 0) is 4.79 Å². The van der Waals surface area contributed by atoms with Crippen LogP contribution in [0.2, 0.25) is 0 Å². The molecule has 1 amide bonds. The molecule has 0 aliphatic rings. The number of nitrogens with one attached hydrogen (secondary N) is 2. The van der Waals surface area contributed by atoms with Crippen molar-refractivity contribution >= 4 is 17.2 Å². The molecule has 2 aromatic heterocycles. The molecule has 0 saturated carbocycles. The second-order valence-corrected chi connectivity index (χ2v) is 6.26. The summed E-state index contributed by atoms with van der Waals surface area (Å²) in [5, 5.41) is 8.25. The molecule has 0 aromatic carbocycles. The topological polar surface area (TPSA) is 54.3 Å². The number of carbonyl (C=O) groups excluding carboxylic acids is 1. The Morgan fingerprint density at radius 1 is 1.33 bits per heavy atom. The van der Waals surface area contributed by atoms with Crippen molar-refractivity contribution in [2.45, 2.75) is 39.8 Å². The van der Waals surface area contributed by atoms with E-state index >= 15 is 0 Å². The number of hydrogen-bond donors (Lipinski definition) is 2. The van der Waals surface area contributed by atoms with E-state index in [1.54, 1.807) is 11.3 Å². The van der Waals surface area contributed by atoms with E-state index in [1.807, 2.05) is 51.3 Å². The Balaban J connectivity index is 1.82. The highest BCUT2D eigenvalue weighted by molar-refractivity contribution is 7.10. The van der Waals surface area contributed by atoms with E-state index in [1.165, 1.54) is 0 Å². The van der Waals surface area contributed by atoms with E-state index in [-0.39, 0.29) is 18.0 Å². The minimum absolute atomic E-state index is 0.000574. The van der Waals surface area contributed by atoms with Crippen molar-refractivity contribution in [1.82, 2.24) is 10.6 Å². The average Bonchev–Trinajstić information content (AvgIpc) is 3.05. The lowest BCUT2D eigenvalue weighted by Gasteiger charge is -2.15. The zero-order valence-electron chi connectivity index (χ0n) is 12.9. The molecule has 2 heterocycles. The molecular weight excluding hydrogens is 284 g/mol. The van der Waals surface area contributed by atoms with Crippen LogP contribution in [-0.4, -0.2) is 12.5 Å². The molecule has 0 saturated heterocycles. The fourth-order valence-corrected chi connectivity index (χ4v) is 3.07. The normalized spacial score (nSPS) is 13.9. The van der Waals surface area contributed by atoms with Gasteiger partial charge in [-0.1, -0.05) is 6.07 Å². The first-order chi connectivity index (χ1) is 9.97. The Labute approximate surface area is 129 Å². The van der Waals surface area contributed by atoms with Crippen molar-refractivity contribution in [2.75, 3.05) is 6.54 Å². The molecule has 2 aromatic rings. The molecule has 2 rings (SSSR count). The minimum atomic E-state index is 0.000574. The summed E-state index contributed by atoms with van der Waals surface area (Å²) in [6.07, 6.45) is 0. The van der Waals surface area contributed by atoms with E-state index in [2.05, 4.69) is 10.6 Å². The van der Waals surface area contributed by atoms with Crippen molar-refractivity contribution in [3.05, 3.63) is 45.5 Å². The third-order valence-electron chi connectivity index (χ3n) is 3.46. The molecule has 21 heavy (non-hydrogen) atoms. The van der Waals surface area contributed by atoms with Gasteiger partial charge in [0.2, 0.25) is 5.91 Å². The highest BCUT2D eigenvalue weighted by atomic mass is 32.1.